The average Bonchev–Trinajstić information content (AvgIpc) is 2.33. The molecule has 0 aliphatic carbocycles. The van der Waals surface area contributed by atoms with Gasteiger partial charge in [0.2, 0.25) is 0 Å². The van der Waals surface area contributed by atoms with E-state index in [1.807, 2.05) is 12.1 Å². The molecule has 2 rings (SSSR count). The van der Waals surface area contributed by atoms with Crippen LogP contribution in [-0.4, -0.2) is 0 Å². The van der Waals surface area contributed by atoms with Crippen LogP contribution in [0, 0.1) is 0 Å². The van der Waals surface area contributed by atoms with Gasteiger partial charge in [-0.1, -0.05) is 0 Å². The first-order chi connectivity index (χ1) is 4.47. The van der Waals surface area contributed by atoms with Crippen molar-refractivity contribution in [2.45, 2.75) is 6.42 Å². The van der Waals surface area contributed by atoms with E-state index in [0.717, 1.165) is 12.0 Å². The minimum Gasteiger partial charge on any atom is -0.434 e. The molecule has 46 valence electrons. The molecule has 0 spiro atoms. The molecule has 2 nitrogen and oxygen atoms in total. The lowest BCUT2D eigenvalue weighted by Gasteiger charge is -2.01. The Balaban J connectivity index is 2.46. The van der Waals surface area contributed by atoms with Crippen LogP contribution in [0.15, 0.2) is 29.1 Å². The second kappa shape index (κ2) is 1.65. The predicted molar refractivity (Wildman–Crippen MR) is 32.2 cm³/mol. The van der Waals surface area contributed by atoms with Crippen LogP contribution in [-0.2, 0) is 6.42 Å². The summed E-state index contributed by atoms with van der Waals surface area (Å²) in [5.41, 5.74) is 1.12. The van der Waals surface area contributed by atoms with Gasteiger partial charge in [-0.05, 0) is 12.1 Å². The largest absolute Gasteiger partial charge is 0.434 e. The Labute approximate surface area is 52.7 Å². The molecule has 0 saturated carbocycles. The first-order valence-electron chi connectivity index (χ1n) is 2.85. The van der Waals surface area contributed by atoms with Crippen LogP contribution in [0.1, 0.15) is 5.56 Å². The maximum absolute atomic E-state index is 5.02. The second-order valence-electron chi connectivity index (χ2n) is 1.93. The van der Waals surface area contributed by atoms with Gasteiger partial charge in [-0.15, -0.1) is 0 Å². The van der Waals surface area contributed by atoms with Crippen LogP contribution in [0.3, 0.4) is 0 Å². The summed E-state index contributed by atoms with van der Waals surface area (Å²) in [5, 5.41) is 0. The van der Waals surface area contributed by atoms with Crippen LogP contribution in [0.25, 0.3) is 0 Å². The predicted octanol–water partition coefficient (Wildman–Crippen LogP) is 1.73. The van der Waals surface area contributed by atoms with Crippen molar-refractivity contribution in [1.29, 1.82) is 0 Å². The molecular formula is C7H6O2. The Bertz CT molecular complexity index is 212. The van der Waals surface area contributed by atoms with Gasteiger partial charge in [0.1, 0.15) is 0 Å². The number of hydrogen-bond acceptors (Lipinski definition) is 2. The van der Waals surface area contributed by atoms with E-state index in [1.54, 1.807) is 12.5 Å². The highest BCUT2D eigenvalue weighted by Gasteiger charge is 2.07. The lowest BCUT2D eigenvalue weighted by molar-refractivity contribution is 0.334. The maximum Gasteiger partial charge on any atom is 0.292 e. The highest BCUT2D eigenvalue weighted by Crippen LogP contribution is 2.23. The Hall–Kier alpha value is -1.18. The molecule has 9 heavy (non-hydrogen) atoms. The molecule has 1 aliphatic heterocycles. The molecule has 0 saturated heterocycles. The summed E-state index contributed by atoms with van der Waals surface area (Å²) in [7, 11) is 0. The van der Waals surface area contributed by atoms with E-state index >= 15 is 0 Å². The average molecular weight is 122 g/mol. The fraction of sp³-hybridized carbons (Fsp3) is 0.143. The van der Waals surface area contributed by atoms with Crippen LogP contribution >= 0.6 is 0 Å². The number of rotatable bonds is 0. The molecule has 2 heteroatoms. The zero-order valence-electron chi connectivity index (χ0n) is 4.83. The topological polar surface area (TPSA) is 22.4 Å². The van der Waals surface area contributed by atoms with Gasteiger partial charge in [-0.2, -0.15) is 0 Å². The van der Waals surface area contributed by atoms with Crippen molar-refractivity contribution >= 4 is 0 Å². The number of furan rings is 1. The first kappa shape index (κ1) is 4.68. The molecule has 0 N–H and O–H groups in total. The van der Waals surface area contributed by atoms with Crippen molar-refractivity contribution in [2.75, 3.05) is 0 Å². The van der Waals surface area contributed by atoms with Crippen molar-refractivity contribution in [3.8, 4) is 5.95 Å². The quantitative estimate of drug-likeness (QED) is 0.522. The Morgan fingerprint density at radius 1 is 1.44 bits per heavy atom. The number of hydrogen-bond donors (Lipinski definition) is 0. The minimum atomic E-state index is 0.637. The third kappa shape index (κ3) is 0.633. The third-order valence-corrected chi connectivity index (χ3v) is 1.32. The smallest absolute Gasteiger partial charge is 0.292 e. The summed E-state index contributed by atoms with van der Waals surface area (Å²) in [6.07, 6.45) is 6.16. The summed E-state index contributed by atoms with van der Waals surface area (Å²) in [6, 6.07) is 1.92. The van der Waals surface area contributed by atoms with E-state index in [9.17, 15) is 0 Å². The van der Waals surface area contributed by atoms with E-state index in [2.05, 4.69) is 0 Å². The maximum atomic E-state index is 5.02. The molecule has 0 fully saturated rings. The summed E-state index contributed by atoms with van der Waals surface area (Å²) in [5.74, 6) is 0.637. The van der Waals surface area contributed by atoms with Gasteiger partial charge in [0.15, 0.2) is 0 Å². The highest BCUT2D eigenvalue weighted by atomic mass is 16.6. The van der Waals surface area contributed by atoms with E-state index in [0.29, 0.717) is 5.95 Å². The monoisotopic (exact) mass is 122 g/mol. The number of allylic oxidation sites excluding steroid dienone is 1. The third-order valence-electron chi connectivity index (χ3n) is 1.32. The van der Waals surface area contributed by atoms with E-state index in [1.165, 1.54) is 0 Å². The Kier molecular flexibility index (Phi) is 0.859. The van der Waals surface area contributed by atoms with Crippen LogP contribution in [0.5, 0.6) is 5.95 Å². The molecule has 1 aromatic rings. The van der Waals surface area contributed by atoms with E-state index in [4.69, 9.17) is 9.15 Å². The molecular weight excluding hydrogens is 116 g/mol. The van der Waals surface area contributed by atoms with Crippen LogP contribution in [0.4, 0.5) is 0 Å². The van der Waals surface area contributed by atoms with Gasteiger partial charge in [-0.3, -0.25) is 0 Å². The lowest BCUT2D eigenvalue weighted by atomic mass is 10.2. The molecule has 1 aromatic heterocycles. The fourth-order valence-corrected chi connectivity index (χ4v) is 0.862. The van der Waals surface area contributed by atoms with E-state index < -0.39 is 0 Å². The van der Waals surface area contributed by atoms with Crippen molar-refractivity contribution in [1.82, 2.24) is 0 Å². The van der Waals surface area contributed by atoms with Crippen molar-refractivity contribution in [3.63, 3.8) is 0 Å². The first-order valence-corrected chi connectivity index (χ1v) is 2.85. The molecule has 0 amide bonds. The minimum absolute atomic E-state index is 0.637. The summed E-state index contributed by atoms with van der Waals surface area (Å²) in [4.78, 5) is 0. The van der Waals surface area contributed by atoms with E-state index in [-0.39, 0.29) is 0 Å². The molecule has 1 aliphatic rings. The summed E-state index contributed by atoms with van der Waals surface area (Å²) < 4.78 is 10.00. The van der Waals surface area contributed by atoms with Crippen molar-refractivity contribution in [2.24, 2.45) is 0 Å². The van der Waals surface area contributed by atoms with Gasteiger partial charge >= 0.3 is 0 Å². The Morgan fingerprint density at radius 3 is 3.33 bits per heavy atom. The normalized spacial score (nSPS) is 14.7. The zero-order valence-corrected chi connectivity index (χ0v) is 4.83. The van der Waals surface area contributed by atoms with Crippen molar-refractivity contribution in [3.05, 3.63) is 30.2 Å². The van der Waals surface area contributed by atoms with Gasteiger partial charge in [0, 0.05) is 12.0 Å². The fourth-order valence-electron chi connectivity index (χ4n) is 0.862. The van der Waals surface area contributed by atoms with Gasteiger partial charge in [0.05, 0.1) is 12.5 Å². The second-order valence-corrected chi connectivity index (χ2v) is 1.93. The number of ether oxygens (including phenoxy) is 1. The Morgan fingerprint density at radius 2 is 2.44 bits per heavy atom. The van der Waals surface area contributed by atoms with Crippen LogP contribution in [0.2, 0.25) is 0 Å². The molecule has 0 radical (unpaired) electrons. The SMILES string of the molecule is C1=COc2occc2C1. The molecule has 0 bridgehead atoms. The lowest BCUT2D eigenvalue weighted by Crippen LogP contribution is -1.90. The van der Waals surface area contributed by atoms with Crippen LogP contribution < -0.4 is 4.74 Å². The molecule has 2 heterocycles. The van der Waals surface area contributed by atoms with Gasteiger partial charge in [-0.25, -0.2) is 0 Å². The molecule has 0 unspecified atom stereocenters. The van der Waals surface area contributed by atoms with Gasteiger partial charge < -0.3 is 9.15 Å². The molecule has 0 aromatic carbocycles. The number of fused-ring (bicyclic) bond motifs is 1. The molecule has 0 atom stereocenters. The van der Waals surface area contributed by atoms with Gasteiger partial charge in [0.25, 0.3) is 5.95 Å². The summed E-state index contributed by atoms with van der Waals surface area (Å²) in [6.45, 7) is 0. The zero-order chi connectivity index (χ0) is 6.10. The van der Waals surface area contributed by atoms with Crippen molar-refractivity contribution < 1.29 is 9.15 Å². The summed E-state index contributed by atoms with van der Waals surface area (Å²) >= 11 is 0. The highest BCUT2D eigenvalue weighted by molar-refractivity contribution is 5.27. The standard InChI is InChI=1S/C7H6O2/c1-2-6-3-5-9-7(6)8-4-1/h1,3-5H,2H2.